The zero-order valence-electron chi connectivity index (χ0n) is 8.50. The number of benzene rings is 1. The Morgan fingerprint density at radius 1 is 1.36 bits per heavy atom. The maximum atomic E-state index is 10.5. The lowest BCUT2D eigenvalue weighted by Crippen LogP contribution is -2.10. The van der Waals surface area contributed by atoms with Gasteiger partial charge in [-0.15, -0.1) is 0 Å². The second-order valence-electron chi connectivity index (χ2n) is 3.08. The lowest BCUT2D eigenvalue weighted by molar-refractivity contribution is 0.209. The van der Waals surface area contributed by atoms with Crippen molar-refractivity contribution in [1.82, 2.24) is 0 Å². The van der Waals surface area contributed by atoms with E-state index in [4.69, 9.17) is 5.11 Å². The van der Waals surface area contributed by atoms with Crippen molar-refractivity contribution in [3.05, 3.63) is 29.3 Å². The van der Waals surface area contributed by atoms with E-state index in [2.05, 4.69) is 12.2 Å². The summed E-state index contributed by atoms with van der Waals surface area (Å²) in [6.45, 7) is 4.10. The summed E-state index contributed by atoms with van der Waals surface area (Å²) in [4.78, 5) is 10.5. The fourth-order valence-electron chi connectivity index (χ4n) is 1.62. The molecular weight excluding hydrogens is 178 g/mol. The minimum absolute atomic E-state index is 0.708. The van der Waals surface area contributed by atoms with Crippen molar-refractivity contribution >= 4 is 11.8 Å². The zero-order valence-corrected chi connectivity index (χ0v) is 8.50. The van der Waals surface area contributed by atoms with Crippen molar-refractivity contribution in [3.63, 3.8) is 0 Å². The summed E-state index contributed by atoms with van der Waals surface area (Å²) in [5.74, 6) is 0. The van der Waals surface area contributed by atoms with Gasteiger partial charge in [-0.1, -0.05) is 26.0 Å². The van der Waals surface area contributed by atoms with Crippen LogP contribution in [0.5, 0.6) is 0 Å². The molecule has 0 saturated carbocycles. The largest absolute Gasteiger partial charge is 0.465 e. The number of carbonyl (C=O) groups is 1. The minimum Gasteiger partial charge on any atom is -0.465 e. The summed E-state index contributed by atoms with van der Waals surface area (Å²) < 4.78 is 0. The van der Waals surface area contributed by atoms with E-state index in [9.17, 15) is 4.79 Å². The quantitative estimate of drug-likeness (QED) is 0.775. The monoisotopic (exact) mass is 193 g/mol. The summed E-state index contributed by atoms with van der Waals surface area (Å²) in [5, 5.41) is 11.1. The molecular formula is C11H15NO2. The number of rotatable bonds is 3. The normalized spacial score (nSPS) is 9.86. The molecule has 14 heavy (non-hydrogen) atoms. The number of amides is 1. The molecule has 0 aliphatic rings. The minimum atomic E-state index is -1.01. The van der Waals surface area contributed by atoms with Crippen LogP contribution < -0.4 is 5.32 Å². The van der Waals surface area contributed by atoms with Crippen LogP contribution in [0, 0.1) is 0 Å². The number of hydrogen-bond donors (Lipinski definition) is 2. The molecule has 0 spiro atoms. The van der Waals surface area contributed by atoms with Gasteiger partial charge >= 0.3 is 6.09 Å². The van der Waals surface area contributed by atoms with Gasteiger partial charge in [0, 0.05) is 5.69 Å². The average molecular weight is 193 g/mol. The van der Waals surface area contributed by atoms with Gasteiger partial charge in [-0.2, -0.15) is 0 Å². The third-order valence-electron chi connectivity index (χ3n) is 2.25. The molecule has 0 atom stereocenters. The highest BCUT2D eigenvalue weighted by Gasteiger charge is 2.06. The SMILES string of the molecule is CCc1cccc(NC(=O)O)c1CC. The Morgan fingerprint density at radius 3 is 2.57 bits per heavy atom. The van der Waals surface area contributed by atoms with Gasteiger partial charge in [0.15, 0.2) is 0 Å². The first-order chi connectivity index (χ1) is 6.69. The van der Waals surface area contributed by atoms with Crippen LogP contribution in [0.4, 0.5) is 10.5 Å². The van der Waals surface area contributed by atoms with E-state index < -0.39 is 6.09 Å². The maximum absolute atomic E-state index is 10.5. The molecule has 3 heteroatoms. The van der Waals surface area contributed by atoms with Crippen molar-refractivity contribution in [2.24, 2.45) is 0 Å². The first kappa shape index (κ1) is 10.6. The Balaban J connectivity index is 3.08. The van der Waals surface area contributed by atoms with Gasteiger partial charge in [0.25, 0.3) is 0 Å². The number of carboxylic acid groups (broad SMARTS) is 1. The third-order valence-corrected chi connectivity index (χ3v) is 2.25. The summed E-state index contributed by atoms with van der Waals surface area (Å²) in [7, 11) is 0. The second kappa shape index (κ2) is 4.65. The Bertz CT molecular complexity index is 334. The predicted octanol–water partition coefficient (Wildman–Crippen LogP) is 2.90. The van der Waals surface area contributed by atoms with E-state index >= 15 is 0 Å². The van der Waals surface area contributed by atoms with E-state index in [1.807, 2.05) is 19.1 Å². The molecule has 2 N–H and O–H groups in total. The first-order valence-electron chi connectivity index (χ1n) is 4.79. The van der Waals surface area contributed by atoms with Crippen LogP contribution in [0.15, 0.2) is 18.2 Å². The molecule has 76 valence electrons. The lowest BCUT2D eigenvalue weighted by Gasteiger charge is -2.11. The van der Waals surface area contributed by atoms with Crippen LogP contribution in [-0.4, -0.2) is 11.2 Å². The van der Waals surface area contributed by atoms with Crippen LogP contribution >= 0.6 is 0 Å². The molecule has 0 saturated heterocycles. The molecule has 3 nitrogen and oxygen atoms in total. The smallest absolute Gasteiger partial charge is 0.409 e. The molecule has 1 amide bonds. The molecule has 0 aliphatic carbocycles. The Morgan fingerprint density at radius 2 is 2.07 bits per heavy atom. The van der Waals surface area contributed by atoms with Gasteiger partial charge in [-0.05, 0) is 30.0 Å². The van der Waals surface area contributed by atoms with Crippen molar-refractivity contribution in [3.8, 4) is 0 Å². The molecule has 0 bridgehead atoms. The summed E-state index contributed by atoms with van der Waals surface area (Å²) in [6, 6.07) is 5.71. The molecule has 0 heterocycles. The van der Waals surface area contributed by atoms with Gasteiger partial charge in [0.05, 0.1) is 0 Å². The number of aryl methyl sites for hydroxylation is 1. The highest BCUT2D eigenvalue weighted by Crippen LogP contribution is 2.21. The fraction of sp³-hybridized carbons (Fsp3) is 0.364. The molecule has 0 radical (unpaired) electrons. The van der Waals surface area contributed by atoms with Gasteiger partial charge < -0.3 is 5.11 Å². The number of nitrogens with one attached hydrogen (secondary N) is 1. The van der Waals surface area contributed by atoms with E-state index in [0.717, 1.165) is 18.4 Å². The highest BCUT2D eigenvalue weighted by atomic mass is 16.4. The fourth-order valence-corrected chi connectivity index (χ4v) is 1.62. The Labute approximate surface area is 83.8 Å². The summed E-state index contributed by atoms with van der Waals surface area (Å²) >= 11 is 0. The number of anilines is 1. The van der Waals surface area contributed by atoms with Crippen LogP contribution in [0.25, 0.3) is 0 Å². The van der Waals surface area contributed by atoms with E-state index in [1.165, 1.54) is 5.56 Å². The molecule has 1 aromatic carbocycles. The molecule has 1 rings (SSSR count). The highest BCUT2D eigenvalue weighted by molar-refractivity contribution is 5.84. The van der Waals surface area contributed by atoms with Gasteiger partial charge in [0.1, 0.15) is 0 Å². The third kappa shape index (κ3) is 2.25. The molecule has 0 unspecified atom stereocenters. The van der Waals surface area contributed by atoms with Crippen molar-refractivity contribution in [2.45, 2.75) is 26.7 Å². The Kier molecular flexibility index (Phi) is 3.51. The first-order valence-corrected chi connectivity index (χ1v) is 4.79. The van der Waals surface area contributed by atoms with E-state index in [0.29, 0.717) is 5.69 Å². The van der Waals surface area contributed by atoms with Crippen molar-refractivity contribution < 1.29 is 9.90 Å². The molecule has 0 aliphatic heterocycles. The molecule has 0 fully saturated rings. The van der Waals surface area contributed by atoms with Crippen LogP contribution in [-0.2, 0) is 12.8 Å². The summed E-state index contributed by atoms with van der Waals surface area (Å²) in [6.07, 6.45) is 0.769. The topological polar surface area (TPSA) is 49.3 Å². The predicted molar refractivity (Wildman–Crippen MR) is 56.8 cm³/mol. The maximum Gasteiger partial charge on any atom is 0.409 e. The van der Waals surface area contributed by atoms with E-state index in [1.54, 1.807) is 6.07 Å². The summed E-state index contributed by atoms with van der Waals surface area (Å²) in [5.41, 5.74) is 3.01. The zero-order chi connectivity index (χ0) is 10.6. The molecule has 1 aromatic rings. The lowest BCUT2D eigenvalue weighted by atomic mass is 10.0. The van der Waals surface area contributed by atoms with Crippen LogP contribution in [0.1, 0.15) is 25.0 Å². The van der Waals surface area contributed by atoms with Crippen LogP contribution in [0.3, 0.4) is 0 Å². The van der Waals surface area contributed by atoms with Gasteiger partial charge in [-0.3, -0.25) is 5.32 Å². The van der Waals surface area contributed by atoms with Crippen LogP contribution in [0.2, 0.25) is 0 Å². The standard InChI is InChI=1S/C11H15NO2/c1-3-8-6-5-7-10(9(8)4-2)12-11(13)14/h5-7,12H,3-4H2,1-2H3,(H,13,14). The second-order valence-corrected chi connectivity index (χ2v) is 3.08. The Hall–Kier alpha value is -1.51. The van der Waals surface area contributed by atoms with Crippen molar-refractivity contribution in [1.29, 1.82) is 0 Å². The van der Waals surface area contributed by atoms with E-state index in [-0.39, 0.29) is 0 Å². The van der Waals surface area contributed by atoms with Crippen molar-refractivity contribution in [2.75, 3.05) is 5.32 Å². The van der Waals surface area contributed by atoms with Gasteiger partial charge in [-0.25, -0.2) is 4.79 Å². The average Bonchev–Trinajstić information content (AvgIpc) is 2.16. The molecule has 0 aromatic heterocycles. The number of hydrogen-bond acceptors (Lipinski definition) is 1. The van der Waals surface area contributed by atoms with Gasteiger partial charge in [0.2, 0.25) is 0 Å².